The van der Waals surface area contributed by atoms with E-state index in [4.69, 9.17) is 9.47 Å². The van der Waals surface area contributed by atoms with E-state index in [2.05, 4.69) is 17.3 Å². The molecule has 1 aromatic rings. The van der Waals surface area contributed by atoms with Crippen molar-refractivity contribution < 1.29 is 13.9 Å². The zero-order valence-corrected chi connectivity index (χ0v) is 13.8. The Bertz CT molecular complexity index is 509. The summed E-state index contributed by atoms with van der Waals surface area (Å²) < 4.78 is 25.4. The van der Waals surface area contributed by atoms with Crippen LogP contribution in [-0.2, 0) is 16.0 Å². The van der Waals surface area contributed by atoms with Gasteiger partial charge in [-0.15, -0.1) is 0 Å². The van der Waals surface area contributed by atoms with E-state index in [9.17, 15) is 4.39 Å². The first-order valence-corrected chi connectivity index (χ1v) is 8.34. The van der Waals surface area contributed by atoms with Crippen LogP contribution in [0.25, 0.3) is 0 Å². The second kappa shape index (κ2) is 8.06. The lowest BCUT2D eigenvalue weighted by atomic mass is 10.1. The second-order valence-electron chi connectivity index (χ2n) is 6.27. The molecular formula is C17H26FN3O2. The van der Waals surface area contributed by atoms with Gasteiger partial charge in [0.05, 0.1) is 31.6 Å². The van der Waals surface area contributed by atoms with Gasteiger partial charge in [-0.25, -0.2) is 4.39 Å². The van der Waals surface area contributed by atoms with Crippen LogP contribution in [0, 0.1) is 5.82 Å². The van der Waals surface area contributed by atoms with Crippen molar-refractivity contribution in [2.75, 3.05) is 64.5 Å². The third kappa shape index (κ3) is 4.64. The van der Waals surface area contributed by atoms with Crippen LogP contribution < -0.4 is 10.2 Å². The second-order valence-corrected chi connectivity index (χ2v) is 6.27. The van der Waals surface area contributed by atoms with E-state index in [1.54, 1.807) is 6.07 Å². The summed E-state index contributed by atoms with van der Waals surface area (Å²) in [6.45, 7) is 6.99. The highest BCUT2D eigenvalue weighted by atomic mass is 19.1. The molecular weight excluding hydrogens is 297 g/mol. The number of rotatable bonds is 5. The third-order valence-electron chi connectivity index (χ3n) is 4.41. The summed E-state index contributed by atoms with van der Waals surface area (Å²) >= 11 is 0. The average molecular weight is 323 g/mol. The van der Waals surface area contributed by atoms with Gasteiger partial charge in [-0.05, 0) is 24.7 Å². The predicted molar refractivity (Wildman–Crippen MR) is 88.4 cm³/mol. The molecule has 23 heavy (non-hydrogen) atoms. The number of nitrogens with zero attached hydrogens (tertiary/aromatic N) is 2. The lowest BCUT2D eigenvalue weighted by molar-refractivity contribution is -0.0182. The summed E-state index contributed by atoms with van der Waals surface area (Å²) in [6.07, 6.45) is 0.214. The van der Waals surface area contributed by atoms with E-state index in [-0.39, 0.29) is 11.9 Å². The van der Waals surface area contributed by atoms with Gasteiger partial charge >= 0.3 is 0 Å². The molecule has 2 heterocycles. The number of morpholine rings is 2. The molecule has 0 bridgehead atoms. The Morgan fingerprint density at radius 1 is 1.22 bits per heavy atom. The summed E-state index contributed by atoms with van der Waals surface area (Å²) in [7, 11) is 2.11. The maximum absolute atomic E-state index is 14.3. The fourth-order valence-electron chi connectivity index (χ4n) is 3.09. The van der Waals surface area contributed by atoms with Crippen LogP contribution in [0.2, 0.25) is 0 Å². The minimum Gasteiger partial charge on any atom is -0.378 e. The van der Waals surface area contributed by atoms with Crippen molar-refractivity contribution in [2.45, 2.75) is 12.6 Å². The maximum atomic E-state index is 14.3. The van der Waals surface area contributed by atoms with Crippen molar-refractivity contribution in [2.24, 2.45) is 0 Å². The molecule has 2 aliphatic rings. The molecule has 2 aliphatic heterocycles. The van der Waals surface area contributed by atoms with Crippen LogP contribution in [-0.4, -0.2) is 70.6 Å². The van der Waals surface area contributed by atoms with Gasteiger partial charge in [-0.1, -0.05) is 6.07 Å². The van der Waals surface area contributed by atoms with E-state index in [1.165, 1.54) is 0 Å². The fraction of sp³-hybridized carbons (Fsp3) is 0.647. The minimum absolute atomic E-state index is 0.153. The Morgan fingerprint density at radius 2 is 2.04 bits per heavy atom. The van der Waals surface area contributed by atoms with Crippen LogP contribution in [0.4, 0.5) is 10.1 Å². The SMILES string of the molecule is CN1CCO[C@H](CNCc2ccc(N3CCOCC3)c(F)c2)C1. The van der Waals surface area contributed by atoms with E-state index in [0.29, 0.717) is 25.4 Å². The predicted octanol–water partition coefficient (Wildman–Crippen LogP) is 1.08. The lowest BCUT2D eigenvalue weighted by Crippen LogP contribution is -2.44. The van der Waals surface area contributed by atoms with Gasteiger partial charge in [-0.3, -0.25) is 0 Å². The lowest BCUT2D eigenvalue weighted by Gasteiger charge is -2.30. The maximum Gasteiger partial charge on any atom is 0.146 e. The number of benzene rings is 1. The van der Waals surface area contributed by atoms with Crippen molar-refractivity contribution in [1.29, 1.82) is 0 Å². The van der Waals surface area contributed by atoms with Crippen LogP contribution in [0.5, 0.6) is 0 Å². The molecule has 2 saturated heterocycles. The van der Waals surface area contributed by atoms with E-state index in [0.717, 1.165) is 44.9 Å². The monoisotopic (exact) mass is 323 g/mol. The fourth-order valence-corrected chi connectivity index (χ4v) is 3.09. The highest BCUT2D eigenvalue weighted by Gasteiger charge is 2.18. The quantitative estimate of drug-likeness (QED) is 0.878. The van der Waals surface area contributed by atoms with Crippen molar-refractivity contribution in [3.05, 3.63) is 29.6 Å². The highest BCUT2D eigenvalue weighted by molar-refractivity contribution is 5.49. The first-order chi connectivity index (χ1) is 11.2. The molecule has 0 unspecified atom stereocenters. The number of hydrogen-bond donors (Lipinski definition) is 1. The molecule has 0 aromatic heterocycles. The summed E-state index contributed by atoms with van der Waals surface area (Å²) in [4.78, 5) is 4.31. The van der Waals surface area contributed by atoms with Gasteiger partial charge in [0.25, 0.3) is 0 Å². The van der Waals surface area contributed by atoms with Gasteiger partial charge in [-0.2, -0.15) is 0 Å². The summed E-state index contributed by atoms with van der Waals surface area (Å²) in [5, 5.41) is 3.37. The first kappa shape index (κ1) is 16.6. The molecule has 1 aromatic carbocycles. The molecule has 1 atom stereocenters. The molecule has 0 saturated carbocycles. The minimum atomic E-state index is -0.153. The van der Waals surface area contributed by atoms with Crippen LogP contribution in [0.1, 0.15) is 5.56 Å². The standard InChI is InChI=1S/C17H26FN3O2/c1-20-4-9-23-15(13-20)12-19-11-14-2-3-17(16(18)10-14)21-5-7-22-8-6-21/h2-3,10,15,19H,4-9,11-13H2,1H3/t15-/m1/s1. The molecule has 128 valence electrons. The molecule has 1 N–H and O–H groups in total. The van der Waals surface area contributed by atoms with Crippen molar-refractivity contribution in [3.63, 3.8) is 0 Å². The molecule has 5 nitrogen and oxygen atoms in total. The highest BCUT2D eigenvalue weighted by Crippen LogP contribution is 2.21. The van der Waals surface area contributed by atoms with Crippen LogP contribution in [0.15, 0.2) is 18.2 Å². The Morgan fingerprint density at radius 3 is 2.78 bits per heavy atom. The Kier molecular flexibility index (Phi) is 5.83. The average Bonchev–Trinajstić information content (AvgIpc) is 2.56. The Labute approximate surface area is 137 Å². The molecule has 0 radical (unpaired) electrons. The normalized spacial score (nSPS) is 23.2. The molecule has 3 rings (SSSR count). The smallest absolute Gasteiger partial charge is 0.146 e. The van der Waals surface area contributed by atoms with Crippen molar-refractivity contribution >= 4 is 5.69 Å². The molecule has 0 aliphatic carbocycles. The van der Waals surface area contributed by atoms with Gasteiger partial charge in [0.1, 0.15) is 5.82 Å². The van der Waals surface area contributed by atoms with Crippen LogP contribution in [0.3, 0.4) is 0 Å². The van der Waals surface area contributed by atoms with Crippen LogP contribution >= 0.6 is 0 Å². The largest absolute Gasteiger partial charge is 0.378 e. The van der Waals surface area contributed by atoms with Gasteiger partial charge in [0, 0.05) is 39.3 Å². The zero-order valence-electron chi connectivity index (χ0n) is 13.8. The first-order valence-electron chi connectivity index (χ1n) is 8.34. The number of anilines is 1. The Hall–Kier alpha value is -1.21. The van der Waals surface area contributed by atoms with Crippen molar-refractivity contribution in [3.8, 4) is 0 Å². The van der Waals surface area contributed by atoms with Gasteiger partial charge in [0.15, 0.2) is 0 Å². The number of nitrogens with one attached hydrogen (secondary N) is 1. The molecule has 0 spiro atoms. The Balaban J connectivity index is 1.49. The van der Waals surface area contributed by atoms with E-state index < -0.39 is 0 Å². The number of halogens is 1. The third-order valence-corrected chi connectivity index (χ3v) is 4.41. The summed E-state index contributed by atoms with van der Waals surface area (Å²) in [5.41, 5.74) is 1.64. The number of likely N-dealkylation sites (N-methyl/N-ethyl adjacent to an activating group) is 1. The zero-order chi connectivity index (χ0) is 16.1. The molecule has 6 heteroatoms. The van der Waals surface area contributed by atoms with Crippen molar-refractivity contribution in [1.82, 2.24) is 10.2 Å². The van der Waals surface area contributed by atoms with E-state index in [1.807, 2.05) is 17.0 Å². The number of ether oxygens (including phenoxy) is 2. The molecule has 0 amide bonds. The van der Waals surface area contributed by atoms with Gasteiger partial charge < -0.3 is 24.6 Å². The summed E-state index contributed by atoms with van der Waals surface area (Å²) in [5.74, 6) is -0.153. The molecule has 2 fully saturated rings. The summed E-state index contributed by atoms with van der Waals surface area (Å²) in [6, 6.07) is 5.50. The van der Waals surface area contributed by atoms with Gasteiger partial charge in [0.2, 0.25) is 0 Å². The number of hydrogen-bond acceptors (Lipinski definition) is 5. The van der Waals surface area contributed by atoms with E-state index >= 15 is 0 Å². The topological polar surface area (TPSA) is 37.0 Å².